The van der Waals surface area contributed by atoms with Crippen LogP contribution in [0.5, 0.6) is 17.2 Å². The van der Waals surface area contributed by atoms with Crippen molar-refractivity contribution in [3.63, 3.8) is 0 Å². The molecular weight excluding hydrogens is 488 g/mol. The summed E-state index contributed by atoms with van der Waals surface area (Å²) < 4.78 is 23.0. The molecular formula is C34H44O5. The first-order valence-corrected chi connectivity index (χ1v) is 14.4. The maximum atomic E-state index is 12.1. The number of unbranched alkanes of at least 4 members (excludes halogenated alkanes) is 5. The van der Waals surface area contributed by atoms with Crippen molar-refractivity contribution in [2.24, 2.45) is 5.92 Å². The fraction of sp³-hybridized carbons (Fsp3) is 0.441. The molecule has 3 aromatic rings. The summed E-state index contributed by atoms with van der Waals surface area (Å²) >= 11 is 0. The maximum absolute atomic E-state index is 12.1. The Balaban J connectivity index is 1.34. The van der Waals surface area contributed by atoms with Crippen LogP contribution in [0.2, 0.25) is 0 Å². The minimum atomic E-state index is -0.301. The van der Waals surface area contributed by atoms with Crippen molar-refractivity contribution in [1.29, 1.82) is 0 Å². The number of hydrogen-bond acceptors (Lipinski definition) is 5. The third-order valence-corrected chi connectivity index (χ3v) is 6.71. The van der Waals surface area contributed by atoms with Crippen molar-refractivity contribution in [2.75, 3.05) is 13.2 Å². The van der Waals surface area contributed by atoms with Crippen LogP contribution in [0.1, 0.15) is 87.2 Å². The Labute approximate surface area is 234 Å². The summed E-state index contributed by atoms with van der Waals surface area (Å²) in [6, 6.07) is 23.1. The molecule has 39 heavy (non-hydrogen) atoms. The number of hydrogen-bond donors (Lipinski definition) is 0. The molecule has 0 aromatic heterocycles. The quantitative estimate of drug-likeness (QED) is 0.121. The lowest BCUT2D eigenvalue weighted by molar-refractivity contribution is 0.0447. The molecule has 0 saturated carbocycles. The summed E-state index contributed by atoms with van der Waals surface area (Å²) in [7, 11) is 0. The molecule has 0 aliphatic rings. The molecule has 1 unspecified atom stereocenters. The summed E-state index contributed by atoms with van der Waals surface area (Å²) in [6.07, 6.45) is 8.57. The second-order valence-electron chi connectivity index (χ2n) is 10.1. The molecule has 5 heteroatoms. The van der Waals surface area contributed by atoms with Gasteiger partial charge in [-0.2, -0.15) is 0 Å². The summed E-state index contributed by atoms with van der Waals surface area (Å²) in [5, 5.41) is 0. The van der Waals surface area contributed by atoms with Gasteiger partial charge in [0.2, 0.25) is 0 Å². The van der Waals surface area contributed by atoms with Gasteiger partial charge in [0, 0.05) is 0 Å². The van der Waals surface area contributed by atoms with E-state index in [1.165, 1.54) is 32.1 Å². The highest BCUT2D eigenvalue weighted by molar-refractivity contribution is 5.89. The second kappa shape index (κ2) is 17.2. The lowest BCUT2D eigenvalue weighted by Gasteiger charge is -2.11. The van der Waals surface area contributed by atoms with E-state index in [0.717, 1.165) is 42.1 Å². The number of benzene rings is 3. The largest absolute Gasteiger partial charge is 0.494 e. The van der Waals surface area contributed by atoms with Crippen LogP contribution < -0.4 is 14.2 Å². The Morgan fingerprint density at radius 1 is 0.641 bits per heavy atom. The molecule has 0 radical (unpaired) electrons. The molecule has 0 fully saturated rings. The Bertz CT molecular complexity index is 1070. The van der Waals surface area contributed by atoms with Crippen LogP contribution >= 0.6 is 0 Å². The summed E-state index contributed by atoms with van der Waals surface area (Å²) in [5.74, 6) is 2.48. The van der Waals surface area contributed by atoms with E-state index in [9.17, 15) is 4.79 Å². The maximum Gasteiger partial charge on any atom is 0.338 e. The Morgan fingerprint density at radius 3 is 1.67 bits per heavy atom. The van der Waals surface area contributed by atoms with Gasteiger partial charge in [0.25, 0.3) is 0 Å². The smallest absolute Gasteiger partial charge is 0.338 e. The van der Waals surface area contributed by atoms with Gasteiger partial charge in [-0.15, -0.1) is 0 Å². The zero-order valence-electron chi connectivity index (χ0n) is 23.8. The molecule has 3 aromatic carbocycles. The van der Waals surface area contributed by atoms with Gasteiger partial charge in [-0.3, -0.25) is 0 Å². The predicted octanol–water partition coefficient (Wildman–Crippen LogP) is 8.79. The molecule has 0 heterocycles. The average Bonchev–Trinajstić information content (AvgIpc) is 2.98. The van der Waals surface area contributed by atoms with Crippen LogP contribution in [-0.4, -0.2) is 19.2 Å². The molecule has 1 atom stereocenters. The number of carbonyl (C=O) groups excluding carboxylic acids is 1. The highest BCUT2D eigenvalue weighted by Gasteiger charge is 2.09. The Hall–Kier alpha value is -3.47. The van der Waals surface area contributed by atoms with Gasteiger partial charge in [-0.1, -0.05) is 83.6 Å². The third-order valence-electron chi connectivity index (χ3n) is 6.71. The summed E-state index contributed by atoms with van der Waals surface area (Å²) in [4.78, 5) is 12.1. The van der Waals surface area contributed by atoms with Crippen LogP contribution in [0, 0.1) is 5.92 Å². The number of rotatable bonds is 18. The van der Waals surface area contributed by atoms with E-state index in [-0.39, 0.29) is 5.97 Å². The van der Waals surface area contributed by atoms with Gasteiger partial charge in [0.05, 0.1) is 18.8 Å². The fourth-order valence-electron chi connectivity index (χ4n) is 3.88. The third kappa shape index (κ3) is 11.4. The van der Waals surface area contributed by atoms with E-state index < -0.39 is 0 Å². The monoisotopic (exact) mass is 532 g/mol. The van der Waals surface area contributed by atoms with Gasteiger partial charge in [-0.05, 0) is 72.0 Å². The highest BCUT2D eigenvalue weighted by atomic mass is 16.5. The molecule has 0 aliphatic carbocycles. The minimum absolute atomic E-state index is 0.301. The SMILES string of the molecule is CCCCCCCCOc1ccc(COc2ccc(COc3ccc(C(=O)OCC(C)CC)cc3)cc2)cc1. The first kappa shape index (κ1) is 30.1. The van der Waals surface area contributed by atoms with Crippen molar-refractivity contribution in [3.8, 4) is 17.2 Å². The molecule has 5 nitrogen and oxygen atoms in total. The summed E-state index contributed by atoms with van der Waals surface area (Å²) in [6.45, 7) is 8.53. The van der Waals surface area contributed by atoms with Gasteiger partial charge in [0.1, 0.15) is 30.5 Å². The van der Waals surface area contributed by atoms with Gasteiger partial charge in [0.15, 0.2) is 0 Å². The van der Waals surface area contributed by atoms with E-state index in [2.05, 4.69) is 32.9 Å². The van der Waals surface area contributed by atoms with Crippen molar-refractivity contribution >= 4 is 5.97 Å². The van der Waals surface area contributed by atoms with E-state index in [1.807, 2.05) is 36.4 Å². The topological polar surface area (TPSA) is 54.0 Å². The molecule has 0 saturated heterocycles. The first-order chi connectivity index (χ1) is 19.1. The average molecular weight is 533 g/mol. The Kier molecular flexibility index (Phi) is 13.3. The fourth-order valence-corrected chi connectivity index (χ4v) is 3.88. The minimum Gasteiger partial charge on any atom is -0.494 e. The molecule has 3 rings (SSSR count). The number of esters is 1. The lowest BCUT2D eigenvalue weighted by Crippen LogP contribution is -2.11. The number of carbonyl (C=O) groups is 1. The van der Waals surface area contributed by atoms with E-state index in [0.29, 0.717) is 37.1 Å². The second-order valence-corrected chi connectivity index (χ2v) is 10.1. The molecule has 0 spiro atoms. The molecule has 0 amide bonds. The standard InChI is InChI=1S/C34H44O5/c1-4-6-7-8-9-10-23-36-31-17-11-28(12-18-31)25-37-32-19-13-29(14-20-32)26-38-33-21-15-30(16-22-33)34(35)39-24-27(3)5-2/h11-22,27H,4-10,23-26H2,1-3H3. The zero-order chi connectivity index (χ0) is 27.7. The van der Waals surface area contributed by atoms with Crippen LogP contribution in [0.4, 0.5) is 0 Å². The van der Waals surface area contributed by atoms with Gasteiger partial charge in [-0.25, -0.2) is 4.79 Å². The molecule has 0 N–H and O–H groups in total. The van der Waals surface area contributed by atoms with Crippen molar-refractivity contribution in [2.45, 2.75) is 78.9 Å². The zero-order valence-corrected chi connectivity index (χ0v) is 23.8. The highest BCUT2D eigenvalue weighted by Crippen LogP contribution is 2.19. The van der Waals surface area contributed by atoms with E-state index >= 15 is 0 Å². The van der Waals surface area contributed by atoms with Crippen LogP contribution in [0.25, 0.3) is 0 Å². The van der Waals surface area contributed by atoms with Crippen molar-refractivity contribution in [3.05, 3.63) is 89.5 Å². The molecule has 0 bridgehead atoms. The van der Waals surface area contributed by atoms with Crippen molar-refractivity contribution in [1.82, 2.24) is 0 Å². The van der Waals surface area contributed by atoms with Crippen LogP contribution in [0.3, 0.4) is 0 Å². The van der Waals surface area contributed by atoms with Crippen LogP contribution in [-0.2, 0) is 18.0 Å². The van der Waals surface area contributed by atoms with Gasteiger partial charge >= 0.3 is 5.97 Å². The normalized spacial score (nSPS) is 11.6. The van der Waals surface area contributed by atoms with E-state index in [1.54, 1.807) is 24.3 Å². The Morgan fingerprint density at radius 2 is 1.13 bits per heavy atom. The number of ether oxygens (including phenoxy) is 4. The molecule has 0 aliphatic heterocycles. The lowest BCUT2D eigenvalue weighted by atomic mass is 10.1. The predicted molar refractivity (Wildman–Crippen MR) is 157 cm³/mol. The molecule has 210 valence electrons. The first-order valence-electron chi connectivity index (χ1n) is 14.4. The van der Waals surface area contributed by atoms with Gasteiger partial charge < -0.3 is 18.9 Å². The van der Waals surface area contributed by atoms with Crippen molar-refractivity contribution < 1.29 is 23.7 Å². The van der Waals surface area contributed by atoms with E-state index in [4.69, 9.17) is 18.9 Å². The van der Waals surface area contributed by atoms with Crippen LogP contribution in [0.15, 0.2) is 72.8 Å². The summed E-state index contributed by atoms with van der Waals surface area (Å²) in [5.41, 5.74) is 2.66.